The predicted octanol–water partition coefficient (Wildman–Crippen LogP) is 3.97. The van der Waals surface area contributed by atoms with Crippen LogP contribution in [0.5, 0.6) is 5.75 Å². The van der Waals surface area contributed by atoms with Crippen molar-refractivity contribution >= 4 is 5.69 Å². The highest BCUT2D eigenvalue weighted by atomic mass is 16.5. The summed E-state index contributed by atoms with van der Waals surface area (Å²) in [5, 5.41) is 12.4. The molecule has 2 N–H and O–H groups in total. The highest BCUT2D eigenvalue weighted by Crippen LogP contribution is 2.26. The summed E-state index contributed by atoms with van der Waals surface area (Å²) < 4.78 is 5.43. The maximum atomic E-state index is 9.01. The summed E-state index contributed by atoms with van der Waals surface area (Å²) in [6.45, 7) is 5.31. The quantitative estimate of drug-likeness (QED) is 0.813. The van der Waals surface area contributed by atoms with Crippen molar-refractivity contribution in [2.45, 2.75) is 32.7 Å². The number of nitrogens with one attached hydrogen (secondary N) is 1. The second-order valence-electron chi connectivity index (χ2n) is 5.76. The van der Waals surface area contributed by atoms with Crippen LogP contribution in [-0.2, 0) is 13.0 Å². The molecule has 3 heteroatoms. The van der Waals surface area contributed by atoms with Gasteiger partial charge in [-0.25, -0.2) is 0 Å². The predicted molar refractivity (Wildman–Crippen MR) is 91.6 cm³/mol. The molecule has 22 heavy (non-hydrogen) atoms. The summed E-state index contributed by atoms with van der Waals surface area (Å²) in [5.41, 5.74) is 4.64. The minimum atomic E-state index is 0.151. The molecule has 2 aromatic carbocycles. The summed E-state index contributed by atoms with van der Waals surface area (Å²) in [6.07, 6.45) is 0.646. The van der Waals surface area contributed by atoms with Crippen LogP contribution in [0.1, 0.15) is 36.5 Å². The Morgan fingerprint density at radius 3 is 2.32 bits per heavy atom. The van der Waals surface area contributed by atoms with Crippen molar-refractivity contribution in [2.75, 3.05) is 19.0 Å². The van der Waals surface area contributed by atoms with Gasteiger partial charge in [0.15, 0.2) is 0 Å². The Morgan fingerprint density at radius 2 is 1.73 bits per heavy atom. The van der Waals surface area contributed by atoms with Crippen molar-refractivity contribution < 1.29 is 9.84 Å². The van der Waals surface area contributed by atoms with Crippen LogP contribution in [0.15, 0.2) is 42.5 Å². The zero-order chi connectivity index (χ0) is 15.9. The zero-order valence-electron chi connectivity index (χ0n) is 13.6. The number of aliphatic hydroxyl groups is 1. The van der Waals surface area contributed by atoms with Gasteiger partial charge >= 0.3 is 0 Å². The van der Waals surface area contributed by atoms with Crippen molar-refractivity contribution in [1.82, 2.24) is 0 Å². The fourth-order valence-electron chi connectivity index (χ4n) is 2.38. The maximum absolute atomic E-state index is 9.01. The summed E-state index contributed by atoms with van der Waals surface area (Å²) in [5.74, 6) is 1.37. The minimum absolute atomic E-state index is 0.151. The van der Waals surface area contributed by atoms with E-state index < -0.39 is 0 Å². The number of methoxy groups -OCH3 is 1. The molecule has 0 saturated carbocycles. The molecule has 0 amide bonds. The Balaban J connectivity index is 2.04. The van der Waals surface area contributed by atoms with E-state index in [-0.39, 0.29) is 6.61 Å². The number of hydrogen-bond donors (Lipinski definition) is 2. The lowest BCUT2D eigenvalue weighted by atomic mass is 10.0. The van der Waals surface area contributed by atoms with E-state index in [4.69, 9.17) is 9.84 Å². The maximum Gasteiger partial charge on any atom is 0.142 e. The van der Waals surface area contributed by atoms with Gasteiger partial charge in [-0.2, -0.15) is 0 Å². The first-order valence-corrected chi connectivity index (χ1v) is 7.74. The van der Waals surface area contributed by atoms with Crippen LogP contribution in [0, 0.1) is 0 Å². The molecule has 0 spiro atoms. The van der Waals surface area contributed by atoms with Crippen LogP contribution in [0.25, 0.3) is 0 Å². The van der Waals surface area contributed by atoms with Gasteiger partial charge in [0.2, 0.25) is 0 Å². The Morgan fingerprint density at radius 1 is 1.05 bits per heavy atom. The molecular weight excluding hydrogens is 274 g/mol. The minimum Gasteiger partial charge on any atom is -0.495 e. The highest BCUT2D eigenvalue weighted by Gasteiger charge is 2.05. The van der Waals surface area contributed by atoms with E-state index in [2.05, 4.69) is 43.4 Å². The van der Waals surface area contributed by atoms with Crippen LogP contribution in [-0.4, -0.2) is 18.8 Å². The number of ether oxygens (including phenoxy) is 1. The third kappa shape index (κ3) is 4.25. The standard InChI is InChI=1S/C19H25NO2/c1-14(2)17-7-4-16(5-8-17)13-20-18-9-6-15(10-11-21)12-19(18)22-3/h4-9,12,14,20-21H,10-11,13H2,1-3H3. The van der Waals surface area contributed by atoms with Crippen molar-refractivity contribution in [3.63, 3.8) is 0 Å². The molecular formula is C19H25NO2. The molecule has 0 saturated heterocycles. The molecule has 0 heterocycles. The Labute approximate surface area is 133 Å². The first-order valence-electron chi connectivity index (χ1n) is 7.74. The highest BCUT2D eigenvalue weighted by molar-refractivity contribution is 5.58. The fourth-order valence-corrected chi connectivity index (χ4v) is 2.38. The summed E-state index contributed by atoms with van der Waals surface area (Å²) in [4.78, 5) is 0. The molecule has 0 fully saturated rings. The third-order valence-electron chi connectivity index (χ3n) is 3.80. The topological polar surface area (TPSA) is 41.5 Å². The SMILES string of the molecule is COc1cc(CCO)ccc1NCc1ccc(C(C)C)cc1. The number of aliphatic hydroxyl groups excluding tert-OH is 1. The Bertz CT molecular complexity index is 591. The van der Waals surface area contributed by atoms with E-state index in [1.165, 1.54) is 11.1 Å². The molecule has 2 rings (SSSR count). The second-order valence-corrected chi connectivity index (χ2v) is 5.76. The first-order chi connectivity index (χ1) is 10.6. The van der Waals surface area contributed by atoms with E-state index in [1.807, 2.05) is 18.2 Å². The summed E-state index contributed by atoms with van der Waals surface area (Å²) in [7, 11) is 1.67. The molecule has 0 aliphatic heterocycles. The normalized spacial score (nSPS) is 10.8. The van der Waals surface area contributed by atoms with Crippen molar-refractivity contribution in [2.24, 2.45) is 0 Å². The van der Waals surface area contributed by atoms with Crippen molar-refractivity contribution in [3.05, 3.63) is 59.2 Å². The van der Waals surface area contributed by atoms with Gasteiger partial charge in [-0.05, 0) is 41.2 Å². The molecule has 0 unspecified atom stereocenters. The number of rotatable bonds is 7. The molecule has 0 aliphatic carbocycles. The third-order valence-corrected chi connectivity index (χ3v) is 3.80. The molecule has 0 atom stereocenters. The van der Waals surface area contributed by atoms with Gasteiger partial charge in [0.25, 0.3) is 0 Å². The second kappa shape index (κ2) is 7.85. The van der Waals surface area contributed by atoms with Gasteiger partial charge in [-0.3, -0.25) is 0 Å². The first kappa shape index (κ1) is 16.4. The Hall–Kier alpha value is -2.00. The van der Waals surface area contributed by atoms with Crippen LogP contribution < -0.4 is 10.1 Å². The van der Waals surface area contributed by atoms with Crippen molar-refractivity contribution in [1.29, 1.82) is 0 Å². The molecule has 0 bridgehead atoms. The van der Waals surface area contributed by atoms with Crippen molar-refractivity contribution in [3.8, 4) is 5.75 Å². The molecule has 3 nitrogen and oxygen atoms in total. The van der Waals surface area contributed by atoms with E-state index in [0.29, 0.717) is 12.3 Å². The fraction of sp³-hybridized carbons (Fsp3) is 0.368. The van der Waals surface area contributed by atoms with Crippen LogP contribution in [0.3, 0.4) is 0 Å². The smallest absolute Gasteiger partial charge is 0.142 e. The molecule has 0 aliphatic rings. The summed E-state index contributed by atoms with van der Waals surface area (Å²) >= 11 is 0. The molecule has 118 valence electrons. The summed E-state index contributed by atoms with van der Waals surface area (Å²) in [6, 6.07) is 14.7. The Kier molecular flexibility index (Phi) is 5.84. The van der Waals surface area contributed by atoms with E-state index in [9.17, 15) is 0 Å². The van der Waals surface area contributed by atoms with Crippen LogP contribution >= 0.6 is 0 Å². The average molecular weight is 299 g/mol. The van der Waals surface area contributed by atoms with E-state index >= 15 is 0 Å². The van der Waals surface area contributed by atoms with Gasteiger partial charge in [-0.1, -0.05) is 44.2 Å². The number of hydrogen-bond acceptors (Lipinski definition) is 3. The average Bonchev–Trinajstić information content (AvgIpc) is 2.54. The number of anilines is 1. The lowest BCUT2D eigenvalue weighted by Gasteiger charge is -2.13. The zero-order valence-corrected chi connectivity index (χ0v) is 13.6. The number of benzene rings is 2. The largest absolute Gasteiger partial charge is 0.495 e. The van der Waals surface area contributed by atoms with E-state index in [1.54, 1.807) is 7.11 Å². The lowest BCUT2D eigenvalue weighted by Crippen LogP contribution is -2.02. The lowest BCUT2D eigenvalue weighted by molar-refractivity contribution is 0.299. The van der Waals surface area contributed by atoms with Gasteiger partial charge in [0, 0.05) is 13.2 Å². The van der Waals surface area contributed by atoms with Crippen LogP contribution in [0.4, 0.5) is 5.69 Å². The van der Waals surface area contributed by atoms with Gasteiger partial charge in [0.05, 0.1) is 12.8 Å². The van der Waals surface area contributed by atoms with Gasteiger partial charge < -0.3 is 15.2 Å². The molecule has 0 aromatic heterocycles. The molecule has 2 aromatic rings. The van der Waals surface area contributed by atoms with E-state index in [0.717, 1.165) is 23.5 Å². The van der Waals surface area contributed by atoms with Gasteiger partial charge in [0.1, 0.15) is 5.75 Å². The van der Waals surface area contributed by atoms with Crippen LogP contribution in [0.2, 0.25) is 0 Å². The monoisotopic (exact) mass is 299 g/mol. The van der Waals surface area contributed by atoms with Gasteiger partial charge in [-0.15, -0.1) is 0 Å². The molecule has 0 radical (unpaired) electrons.